The molecule has 6 nitrogen and oxygen atoms in total. The Labute approximate surface area is 162 Å². The van der Waals surface area contributed by atoms with Crippen molar-refractivity contribution in [2.45, 2.75) is 24.5 Å². The third-order valence-electron chi connectivity index (χ3n) is 6.22. The molecule has 0 unspecified atom stereocenters. The second-order valence-corrected chi connectivity index (χ2v) is 8.11. The fraction of sp³-hybridized carbons (Fsp3) is 0.450. The number of hydrogen-bond acceptors (Lipinski definition) is 5. The van der Waals surface area contributed by atoms with Crippen LogP contribution in [0.5, 0.6) is 0 Å². The molecule has 1 amide bonds. The summed E-state index contributed by atoms with van der Waals surface area (Å²) in [5, 5.41) is 3.71. The molecule has 0 aliphatic carbocycles. The normalized spacial score (nSPS) is 31.1. The zero-order valence-electron chi connectivity index (χ0n) is 14.8. The SMILES string of the molecule is O=C(NC[C@H]1[C@H]2CN(c3ccc(Cl)cn3)C[C@]23CC[C@H]1O3)c1ccccn1. The number of pyridine rings is 2. The Morgan fingerprint density at radius 1 is 1.33 bits per heavy atom. The van der Waals surface area contributed by atoms with Crippen molar-refractivity contribution in [3.8, 4) is 0 Å². The van der Waals surface area contributed by atoms with E-state index in [9.17, 15) is 4.79 Å². The van der Waals surface area contributed by atoms with Crippen LogP contribution in [0.3, 0.4) is 0 Å². The van der Waals surface area contributed by atoms with Gasteiger partial charge in [0.25, 0.3) is 5.91 Å². The number of carbonyl (C=O) groups is 1. The maximum absolute atomic E-state index is 12.4. The topological polar surface area (TPSA) is 67.4 Å². The summed E-state index contributed by atoms with van der Waals surface area (Å²) in [6.07, 6.45) is 5.70. The summed E-state index contributed by atoms with van der Waals surface area (Å²) in [6, 6.07) is 9.20. The molecule has 0 radical (unpaired) electrons. The highest BCUT2D eigenvalue weighted by Crippen LogP contribution is 2.55. The molecule has 27 heavy (non-hydrogen) atoms. The van der Waals surface area contributed by atoms with Gasteiger partial charge in [0.2, 0.25) is 0 Å². The van der Waals surface area contributed by atoms with Gasteiger partial charge in [-0.1, -0.05) is 17.7 Å². The Balaban J connectivity index is 1.29. The van der Waals surface area contributed by atoms with Gasteiger partial charge in [-0.05, 0) is 37.1 Å². The number of amides is 1. The molecular weight excluding hydrogens is 364 g/mol. The Bertz CT molecular complexity index is 847. The van der Waals surface area contributed by atoms with E-state index >= 15 is 0 Å². The van der Waals surface area contributed by atoms with Crippen LogP contribution in [-0.2, 0) is 4.74 Å². The first-order chi connectivity index (χ1) is 13.1. The molecule has 3 fully saturated rings. The molecule has 140 valence electrons. The van der Waals surface area contributed by atoms with Crippen molar-refractivity contribution in [1.82, 2.24) is 15.3 Å². The average molecular weight is 385 g/mol. The first-order valence-electron chi connectivity index (χ1n) is 9.38. The minimum absolute atomic E-state index is 0.105. The van der Waals surface area contributed by atoms with E-state index in [1.54, 1.807) is 18.5 Å². The van der Waals surface area contributed by atoms with Crippen LogP contribution < -0.4 is 10.2 Å². The maximum Gasteiger partial charge on any atom is 0.269 e. The summed E-state index contributed by atoms with van der Waals surface area (Å²) in [6.45, 7) is 2.37. The summed E-state index contributed by atoms with van der Waals surface area (Å²) in [4.78, 5) is 23.2. The average Bonchev–Trinajstić information content (AvgIpc) is 3.36. The predicted octanol–water partition coefficient (Wildman–Crippen LogP) is 2.54. The van der Waals surface area contributed by atoms with Gasteiger partial charge < -0.3 is 15.0 Å². The zero-order valence-corrected chi connectivity index (χ0v) is 15.6. The number of aromatic nitrogens is 2. The summed E-state index contributed by atoms with van der Waals surface area (Å²) in [5.74, 6) is 1.54. The second kappa shape index (κ2) is 6.46. The first-order valence-corrected chi connectivity index (χ1v) is 9.76. The zero-order chi connectivity index (χ0) is 18.4. The molecule has 3 aliphatic rings. The van der Waals surface area contributed by atoms with E-state index in [4.69, 9.17) is 16.3 Å². The lowest BCUT2D eigenvalue weighted by Gasteiger charge is -2.29. The highest BCUT2D eigenvalue weighted by molar-refractivity contribution is 6.30. The lowest BCUT2D eigenvalue weighted by Crippen LogP contribution is -2.42. The first kappa shape index (κ1) is 17.0. The monoisotopic (exact) mass is 384 g/mol. The smallest absolute Gasteiger partial charge is 0.269 e. The van der Waals surface area contributed by atoms with Gasteiger partial charge >= 0.3 is 0 Å². The molecule has 0 aromatic carbocycles. The van der Waals surface area contributed by atoms with E-state index < -0.39 is 0 Å². The van der Waals surface area contributed by atoms with E-state index in [0.29, 0.717) is 29.1 Å². The van der Waals surface area contributed by atoms with Gasteiger partial charge in [-0.15, -0.1) is 0 Å². The highest BCUT2D eigenvalue weighted by Gasteiger charge is 2.63. The van der Waals surface area contributed by atoms with Crippen LogP contribution in [-0.4, -0.2) is 47.2 Å². The van der Waals surface area contributed by atoms with Crippen molar-refractivity contribution < 1.29 is 9.53 Å². The Hall–Kier alpha value is -2.18. The molecule has 5 heterocycles. The Kier molecular flexibility index (Phi) is 4.06. The number of halogens is 1. The van der Waals surface area contributed by atoms with Crippen molar-refractivity contribution in [2.24, 2.45) is 11.8 Å². The summed E-state index contributed by atoms with van der Waals surface area (Å²) >= 11 is 5.97. The summed E-state index contributed by atoms with van der Waals surface area (Å²) < 4.78 is 6.45. The van der Waals surface area contributed by atoms with E-state index in [2.05, 4.69) is 20.2 Å². The largest absolute Gasteiger partial charge is 0.369 e. The van der Waals surface area contributed by atoms with E-state index in [0.717, 1.165) is 31.7 Å². The van der Waals surface area contributed by atoms with Gasteiger partial charge in [0.1, 0.15) is 11.5 Å². The van der Waals surface area contributed by atoms with Crippen molar-refractivity contribution in [2.75, 3.05) is 24.5 Å². The minimum atomic E-state index is -0.123. The molecule has 0 saturated carbocycles. The van der Waals surface area contributed by atoms with Crippen LogP contribution in [0.2, 0.25) is 5.02 Å². The molecule has 3 saturated heterocycles. The lowest BCUT2D eigenvalue weighted by molar-refractivity contribution is 0.0141. The Morgan fingerprint density at radius 2 is 2.26 bits per heavy atom. The van der Waals surface area contributed by atoms with Crippen molar-refractivity contribution in [3.63, 3.8) is 0 Å². The second-order valence-electron chi connectivity index (χ2n) is 7.67. The van der Waals surface area contributed by atoms with Gasteiger partial charge in [0.05, 0.1) is 16.7 Å². The predicted molar refractivity (Wildman–Crippen MR) is 102 cm³/mol. The number of carbonyl (C=O) groups excluding carboxylic acids is 1. The molecule has 3 aliphatic heterocycles. The molecular formula is C20H21ClN4O2. The number of nitrogens with one attached hydrogen (secondary N) is 1. The summed E-state index contributed by atoms with van der Waals surface area (Å²) in [7, 11) is 0. The molecule has 5 rings (SSSR count). The third-order valence-corrected chi connectivity index (χ3v) is 6.44. The highest BCUT2D eigenvalue weighted by atomic mass is 35.5. The van der Waals surface area contributed by atoms with Gasteiger partial charge in [-0.25, -0.2) is 4.98 Å². The number of fused-ring (bicyclic) bond motifs is 1. The maximum atomic E-state index is 12.4. The number of nitrogens with zero attached hydrogens (tertiary/aromatic N) is 3. The molecule has 2 bridgehead atoms. The molecule has 2 aromatic rings. The van der Waals surface area contributed by atoms with Crippen molar-refractivity contribution in [1.29, 1.82) is 0 Å². The lowest BCUT2D eigenvalue weighted by atomic mass is 9.73. The molecule has 2 aromatic heterocycles. The van der Waals surface area contributed by atoms with Crippen LogP contribution in [0.4, 0.5) is 5.82 Å². The fourth-order valence-electron chi connectivity index (χ4n) is 4.99. The van der Waals surface area contributed by atoms with Gasteiger partial charge in [0, 0.05) is 43.9 Å². The standard InChI is InChI=1S/C20H21ClN4O2/c21-13-4-5-18(23-9-13)25-11-15-14(17-6-7-20(15,12-25)27-17)10-24-19(26)16-3-1-2-8-22-16/h1-5,8-9,14-15,17H,6-7,10-12H2,(H,24,26)/t14-,15+,17+,20+/m0/s1. The van der Waals surface area contributed by atoms with E-state index in [1.807, 2.05) is 24.3 Å². The number of hydrogen-bond donors (Lipinski definition) is 1. The van der Waals surface area contributed by atoms with Crippen molar-refractivity contribution in [3.05, 3.63) is 53.4 Å². The van der Waals surface area contributed by atoms with E-state index in [1.165, 1.54) is 0 Å². The molecule has 4 atom stereocenters. The van der Waals surface area contributed by atoms with Gasteiger partial charge in [-0.2, -0.15) is 0 Å². The number of ether oxygens (including phenoxy) is 1. The number of anilines is 1. The summed E-state index contributed by atoms with van der Waals surface area (Å²) in [5.41, 5.74) is 0.349. The number of rotatable bonds is 4. The van der Waals surface area contributed by atoms with Gasteiger partial charge in [0.15, 0.2) is 0 Å². The third kappa shape index (κ3) is 2.87. The molecule has 7 heteroatoms. The van der Waals surface area contributed by atoms with Crippen LogP contribution in [0.1, 0.15) is 23.3 Å². The molecule has 1 spiro atoms. The fourth-order valence-corrected chi connectivity index (χ4v) is 5.10. The van der Waals surface area contributed by atoms with E-state index in [-0.39, 0.29) is 17.6 Å². The van der Waals surface area contributed by atoms with Gasteiger partial charge in [-0.3, -0.25) is 9.78 Å². The minimum Gasteiger partial charge on any atom is -0.369 e. The van der Waals surface area contributed by atoms with Crippen molar-refractivity contribution >= 4 is 23.3 Å². The van der Waals surface area contributed by atoms with Crippen LogP contribution in [0, 0.1) is 11.8 Å². The molecule has 1 N–H and O–H groups in total. The van der Waals surface area contributed by atoms with Crippen LogP contribution >= 0.6 is 11.6 Å². The van der Waals surface area contributed by atoms with Crippen LogP contribution in [0.15, 0.2) is 42.7 Å². The Morgan fingerprint density at radius 3 is 3.04 bits per heavy atom. The van der Waals surface area contributed by atoms with Crippen LogP contribution in [0.25, 0.3) is 0 Å². The quantitative estimate of drug-likeness (QED) is 0.877.